The van der Waals surface area contributed by atoms with Crippen LogP contribution in [0.25, 0.3) is 0 Å². The van der Waals surface area contributed by atoms with Gasteiger partial charge >= 0.3 is 12.1 Å². The van der Waals surface area contributed by atoms with Crippen LogP contribution in [0.2, 0.25) is 0 Å². The number of hydrogen-bond donors (Lipinski definition) is 2. The van der Waals surface area contributed by atoms with Crippen molar-refractivity contribution in [2.24, 2.45) is 0 Å². The van der Waals surface area contributed by atoms with Crippen LogP contribution in [0.1, 0.15) is 11.1 Å². The Kier molecular flexibility index (Phi) is 3.06. The number of aliphatic carboxylic acids is 1. The van der Waals surface area contributed by atoms with Gasteiger partial charge in [0.25, 0.3) is 0 Å². The van der Waals surface area contributed by atoms with Crippen LogP contribution < -0.4 is 5.32 Å². The molecule has 0 fully saturated rings. The van der Waals surface area contributed by atoms with E-state index in [2.05, 4.69) is 5.32 Å². The fourth-order valence-electron chi connectivity index (χ4n) is 2.24. The molecule has 0 unspecified atom stereocenters. The topological polar surface area (TPSA) is 49.3 Å². The molecule has 0 heterocycles. The number of carboxylic acid groups (broad SMARTS) is 1. The Bertz CT molecular complexity index is 446. The Morgan fingerprint density at radius 1 is 1.28 bits per heavy atom. The molecule has 0 spiro atoms. The molecule has 0 radical (unpaired) electrons. The lowest BCUT2D eigenvalue weighted by molar-refractivity contribution is -0.149. The Morgan fingerprint density at radius 2 is 1.78 bits per heavy atom. The zero-order chi connectivity index (χ0) is 13.4. The van der Waals surface area contributed by atoms with E-state index in [4.69, 9.17) is 0 Å². The first kappa shape index (κ1) is 12.9. The van der Waals surface area contributed by atoms with E-state index < -0.39 is 24.2 Å². The molecule has 0 aromatic heterocycles. The lowest BCUT2D eigenvalue weighted by atomic mass is 9.96. The average molecular weight is 259 g/mol. The van der Waals surface area contributed by atoms with Gasteiger partial charge in [-0.05, 0) is 11.1 Å². The first-order valence-corrected chi connectivity index (χ1v) is 5.44. The fourth-order valence-corrected chi connectivity index (χ4v) is 2.24. The molecular formula is C12H12F3NO2. The summed E-state index contributed by atoms with van der Waals surface area (Å²) in [6.07, 6.45) is -4.26. The SMILES string of the molecule is O=C(O)C1(NCC(F)(F)F)Cc2ccccc2C1. The molecule has 2 rings (SSSR count). The van der Waals surface area contributed by atoms with Crippen LogP contribution in [0.5, 0.6) is 0 Å². The largest absolute Gasteiger partial charge is 0.480 e. The first-order valence-electron chi connectivity index (χ1n) is 5.44. The van der Waals surface area contributed by atoms with E-state index in [9.17, 15) is 23.1 Å². The second-order valence-electron chi connectivity index (χ2n) is 4.48. The Balaban J connectivity index is 2.20. The van der Waals surface area contributed by atoms with Gasteiger partial charge in [-0.2, -0.15) is 13.2 Å². The van der Waals surface area contributed by atoms with E-state index in [1.807, 2.05) is 0 Å². The third-order valence-corrected chi connectivity index (χ3v) is 3.14. The molecule has 3 nitrogen and oxygen atoms in total. The quantitative estimate of drug-likeness (QED) is 0.869. The summed E-state index contributed by atoms with van der Waals surface area (Å²) in [5.41, 5.74) is 0.0308. The molecule has 1 aliphatic rings. The molecule has 2 N–H and O–H groups in total. The van der Waals surface area contributed by atoms with E-state index in [1.165, 1.54) is 0 Å². The van der Waals surface area contributed by atoms with Gasteiger partial charge in [-0.15, -0.1) is 0 Å². The minimum Gasteiger partial charge on any atom is -0.480 e. The maximum atomic E-state index is 12.2. The van der Waals surface area contributed by atoms with Crippen molar-refractivity contribution in [3.8, 4) is 0 Å². The minimum absolute atomic E-state index is 0.0780. The van der Waals surface area contributed by atoms with E-state index in [1.54, 1.807) is 24.3 Å². The molecule has 0 amide bonds. The number of rotatable bonds is 3. The maximum absolute atomic E-state index is 12.2. The van der Waals surface area contributed by atoms with Gasteiger partial charge in [0.2, 0.25) is 0 Å². The second-order valence-corrected chi connectivity index (χ2v) is 4.48. The van der Waals surface area contributed by atoms with E-state index in [-0.39, 0.29) is 12.8 Å². The summed E-state index contributed by atoms with van der Waals surface area (Å²) in [5, 5.41) is 11.4. The van der Waals surface area contributed by atoms with Crippen molar-refractivity contribution in [1.29, 1.82) is 0 Å². The lowest BCUT2D eigenvalue weighted by Gasteiger charge is -2.26. The molecule has 98 valence electrons. The highest BCUT2D eigenvalue weighted by Crippen LogP contribution is 2.31. The highest BCUT2D eigenvalue weighted by atomic mass is 19.4. The maximum Gasteiger partial charge on any atom is 0.401 e. The molecule has 0 aliphatic heterocycles. The Morgan fingerprint density at radius 3 is 2.17 bits per heavy atom. The van der Waals surface area contributed by atoms with E-state index in [0.29, 0.717) is 0 Å². The Hall–Kier alpha value is -1.56. The third-order valence-electron chi connectivity index (χ3n) is 3.14. The van der Waals surface area contributed by atoms with Gasteiger partial charge in [0, 0.05) is 12.8 Å². The predicted molar refractivity (Wildman–Crippen MR) is 58.3 cm³/mol. The molecule has 0 saturated heterocycles. The number of halogens is 3. The van der Waals surface area contributed by atoms with Crippen molar-refractivity contribution in [3.63, 3.8) is 0 Å². The van der Waals surface area contributed by atoms with Crippen LogP contribution in [-0.2, 0) is 17.6 Å². The smallest absolute Gasteiger partial charge is 0.401 e. The van der Waals surface area contributed by atoms with Crippen molar-refractivity contribution in [2.45, 2.75) is 24.6 Å². The minimum atomic E-state index is -4.42. The number of alkyl halides is 3. The predicted octanol–water partition coefficient (Wildman–Crippen LogP) is 1.76. The molecule has 6 heteroatoms. The molecule has 18 heavy (non-hydrogen) atoms. The molecular weight excluding hydrogens is 247 g/mol. The van der Waals surface area contributed by atoms with Gasteiger partial charge in [0.1, 0.15) is 5.54 Å². The van der Waals surface area contributed by atoms with Gasteiger partial charge in [-0.25, -0.2) is 0 Å². The Labute approximate surface area is 102 Å². The number of fused-ring (bicyclic) bond motifs is 1. The van der Waals surface area contributed by atoms with Crippen molar-refractivity contribution in [2.75, 3.05) is 6.54 Å². The molecule has 1 aromatic rings. The highest BCUT2D eigenvalue weighted by Gasteiger charge is 2.45. The van der Waals surface area contributed by atoms with Gasteiger partial charge in [-0.3, -0.25) is 10.1 Å². The number of nitrogens with one attached hydrogen (secondary N) is 1. The van der Waals surface area contributed by atoms with Gasteiger partial charge in [-0.1, -0.05) is 24.3 Å². The average Bonchev–Trinajstić information content (AvgIpc) is 2.65. The zero-order valence-corrected chi connectivity index (χ0v) is 9.42. The summed E-state index contributed by atoms with van der Waals surface area (Å²) >= 11 is 0. The molecule has 0 atom stereocenters. The zero-order valence-electron chi connectivity index (χ0n) is 9.42. The van der Waals surface area contributed by atoms with Crippen molar-refractivity contribution in [3.05, 3.63) is 35.4 Å². The van der Waals surface area contributed by atoms with Gasteiger partial charge in [0.15, 0.2) is 0 Å². The standard InChI is InChI=1S/C12H12F3NO2/c13-12(14,15)7-16-11(10(17)18)5-8-3-1-2-4-9(8)6-11/h1-4,16H,5-7H2,(H,17,18). The van der Waals surface area contributed by atoms with E-state index in [0.717, 1.165) is 11.1 Å². The lowest BCUT2D eigenvalue weighted by Crippen LogP contribution is -2.55. The van der Waals surface area contributed by atoms with Gasteiger partial charge in [0.05, 0.1) is 6.54 Å². The van der Waals surface area contributed by atoms with E-state index >= 15 is 0 Å². The van der Waals surface area contributed by atoms with Crippen LogP contribution in [0.4, 0.5) is 13.2 Å². The monoisotopic (exact) mass is 259 g/mol. The summed E-state index contributed by atoms with van der Waals surface area (Å²) in [6.45, 7) is -1.30. The molecule has 0 bridgehead atoms. The summed E-state index contributed by atoms with van der Waals surface area (Å²) in [7, 11) is 0. The van der Waals surface area contributed by atoms with Crippen molar-refractivity contribution in [1.82, 2.24) is 5.32 Å². The molecule has 1 aromatic carbocycles. The van der Waals surface area contributed by atoms with Crippen LogP contribution >= 0.6 is 0 Å². The van der Waals surface area contributed by atoms with Gasteiger partial charge < -0.3 is 5.11 Å². The molecule has 1 aliphatic carbocycles. The fraction of sp³-hybridized carbons (Fsp3) is 0.417. The number of carbonyl (C=O) groups is 1. The van der Waals surface area contributed by atoms with Crippen molar-refractivity contribution < 1.29 is 23.1 Å². The van der Waals surface area contributed by atoms with Crippen LogP contribution in [0, 0.1) is 0 Å². The number of carboxylic acids is 1. The van der Waals surface area contributed by atoms with Crippen LogP contribution in [0.15, 0.2) is 24.3 Å². The molecule has 0 saturated carbocycles. The normalized spacial score (nSPS) is 17.5. The summed E-state index contributed by atoms with van der Waals surface area (Å²) in [4.78, 5) is 11.3. The van der Waals surface area contributed by atoms with Crippen LogP contribution in [-0.4, -0.2) is 29.3 Å². The number of hydrogen-bond acceptors (Lipinski definition) is 2. The second kappa shape index (κ2) is 4.28. The number of benzene rings is 1. The van der Waals surface area contributed by atoms with Crippen LogP contribution in [0.3, 0.4) is 0 Å². The third kappa shape index (κ3) is 2.48. The van der Waals surface area contributed by atoms with Crippen molar-refractivity contribution >= 4 is 5.97 Å². The summed E-state index contributed by atoms with van der Waals surface area (Å²) in [6, 6.07) is 6.99. The summed E-state index contributed by atoms with van der Waals surface area (Å²) in [5.74, 6) is -1.25. The first-order chi connectivity index (χ1) is 8.32. The highest BCUT2D eigenvalue weighted by molar-refractivity contribution is 5.81. The summed E-state index contributed by atoms with van der Waals surface area (Å²) < 4.78 is 36.6.